The molecule has 5 fully saturated rings. The molecule has 2 aliphatic heterocycles. The van der Waals surface area contributed by atoms with Crippen molar-refractivity contribution >= 4 is 0 Å². The number of aliphatic hydroxyl groups is 4. The van der Waals surface area contributed by atoms with Gasteiger partial charge >= 0.3 is 0 Å². The third kappa shape index (κ3) is 5.36. The van der Waals surface area contributed by atoms with Gasteiger partial charge < -0.3 is 44.1 Å². The molecule has 2 saturated heterocycles. The van der Waals surface area contributed by atoms with Crippen LogP contribution in [0.15, 0.2) is 11.6 Å². The van der Waals surface area contributed by atoms with E-state index >= 15 is 0 Å². The fraction of sp³-hybridized carbons (Fsp3) is 0.941. The summed E-state index contributed by atoms with van der Waals surface area (Å²) >= 11 is 0. The van der Waals surface area contributed by atoms with Gasteiger partial charge in [0.25, 0.3) is 0 Å². The monoisotopic (exact) mass is 608 g/mol. The largest absolute Gasteiger partial charge is 0.393 e. The van der Waals surface area contributed by atoms with Crippen LogP contribution in [0.2, 0.25) is 0 Å². The van der Waals surface area contributed by atoms with Crippen LogP contribution in [0.5, 0.6) is 0 Å². The molecule has 43 heavy (non-hydrogen) atoms. The van der Waals surface area contributed by atoms with Crippen molar-refractivity contribution in [2.45, 2.75) is 166 Å². The molecule has 2 unspecified atom stereocenters. The average molecular weight is 609 g/mol. The van der Waals surface area contributed by atoms with Crippen LogP contribution in [0.1, 0.15) is 98.8 Å². The van der Waals surface area contributed by atoms with Crippen LogP contribution in [0.4, 0.5) is 0 Å². The molecule has 0 aromatic rings. The van der Waals surface area contributed by atoms with Crippen LogP contribution in [0, 0.1) is 28.6 Å². The molecule has 246 valence electrons. The summed E-state index contributed by atoms with van der Waals surface area (Å²) in [4.78, 5) is 0. The van der Waals surface area contributed by atoms with E-state index in [9.17, 15) is 20.4 Å². The van der Waals surface area contributed by atoms with Gasteiger partial charge in [-0.1, -0.05) is 25.5 Å². The molecule has 0 spiro atoms. The summed E-state index contributed by atoms with van der Waals surface area (Å²) in [6, 6.07) is 0. The van der Waals surface area contributed by atoms with Crippen molar-refractivity contribution in [2.24, 2.45) is 28.6 Å². The third-order valence-corrected chi connectivity index (χ3v) is 13.2. The van der Waals surface area contributed by atoms with Crippen LogP contribution in [-0.2, 0) is 23.7 Å². The first-order valence-electron chi connectivity index (χ1n) is 16.9. The second-order valence-corrected chi connectivity index (χ2v) is 15.3. The summed E-state index contributed by atoms with van der Waals surface area (Å²) in [6.45, 7) is 10.2. The zero-order valence-corrected chi connectivity index (χ0v) is 27.0. The summed E-state index contributed by atoms with van der Waals surface area (Å²) in [5.41, 5.74) is 0.552. The predicted molar refractivity (Wildman–Crippen MR) is 159 cm³/mol. The number of methoxy groups -OCH3 is 1. The van der Waals surface area contributed by atoms with Crippen molar-refractivity contribution in [3.63, 3.8) is 0 Å². The normalized spacial score (nSPS) is 54.2. The Kier molecular flexibility index (Phi) is 8.93. The highest BCUT2D eigenvalue weighted by molar-refractivity contribution is 5.28. The lowest BCUT2D eigenvalue weighted by Crippen LogP contribution is -2.61. The Balaban J connectivity index is 1.07. The van der Waals surface area contributed by atoms with Crippen LogP contribution >= 0.6 is 0 Å². The summed E-state index contributed by atoms with van der Waals surface area (Å²) in [7, 11) is 1.57. The van der Waals surface area contributed by atoms with Gasteiger partial charge in [0.2, 0.25) is 0 Å². The van der Waals surface area contributed by atoms with Gasteiger partial charge in [-0.3, -0.25) is 0 Å². The van der Waals surface area contributed by atoms with Crippen LogP contribution in [0.25, 0.3) is 0 Å². The van der Waals surface area contributed by atoms with Gasteiger partial charge in [-0.15, -0.1) is 0 Å². The fourth-order valence-electron chi connectivity index (χ4n) is 10.5. The molecule has 0 amide bonds. The summed E-state index contributed by atoms with van der Waals surface area (Å²) < 4.78 is 30.2. The molecule has 16 atom stereocenters. The van der Waals surface area contributed by atoms with Crippen molar-refractivity contribution in [3.05, 3.63) is 11.6 Å². The number of hydrogen-bond donors (Lipinski definition) is 4. The highest BCUT2D eigenvalue weighted by Gasteiger charge is 2.66. The minimum absolute atomic E-state index is 0.0206. The number of aliphatic hydroxyl groups excluding tert-OH is 3. The minimum atomic E-state index is -0.766. The summed E-state index contributed by atoms with van der Waals surface area (Å²) in [5, 5.41) is 44.1. The van der Waals surface area contributed by atoms with E-state index in [1.54, 1.807) is 14.0 Å². The zero-order chi connectivity index (χ0) is 30.9. The maximum absolute atomic E-state index is 12.2. The maximum Gasteiger partial charge on any atom is 0.161 e. The quantitative estimate of drug-likeness (QED) is 0.333. The smallest absolute Gasteiger partial charge is 0.161 e. The molecule has 9 nitrogen and oxygen atoms in total. The van der Waals surface area contributed by atoms with Crippen molar-refractivity contribution < 1.29 is 44.1 Å². The van der Waals surface area contributed by atoms with Crippen molar-refractivity contribution in [2.75, 3.05) is 7.11 Å². The molecule has 0 aromatic heterocycles. The van der Waals surface area contributed by atoms with E-state index in [-0.39, 0.29) is 41.0 Å². The molecule has 0 bridgehead atoms. The molecule has 6 rings (SSSR count). The molecule has 0 aromatic carbocycles. The molecule has 2 heterocycles. The lowest BCUT2D eigenvalue weighted by molar-refractivity contribution is -0.317. The average Bonchev–Trinajstić information content (AvgIpc) is 3.24. The van der Waals surface area contributed by atoms with Gasteiger partial charge in [0.1, 0.15) is 12.2 Å². The molecule has 0 radical (unpaired) electrons. The molecule has 3 saturated carbocycles. The minimum Gasteiger partial charge on any atom is -0.393 e. The zero-order valence-electron chi connectivity index (χ0n) is 27.0. The van der Waals surface area contributed by atoms with Gasteiger partial charge in [-0.05, 0) is 95.3 Å². The van der Waals surface area contributed by atoms with E-state index in [0.29, 0.717) is 18.8 Å². The Morgan fingerprint density at radius 2 is 1.65 bits per heavy atom. The van der Waals surface area contributed by atoms with E-state index in [1.807, 2.05) is 13.8 Å². The van der Waals surface area contributed by atoms with Gasteiger partial charge in [0, 0.05) is 25.4 Å². The highest BCUT2D eigenvalue weighted by atomic mass is 16.7. The summed E-state index contributed by atoms with van der Waals surface area (Å²) in [6.07, 6.45) is 5.79. The summed E-state index contributed by atoms with van der Waals surface area (Å²) in [5.74, 6) is 0.829. The molecule has 4 N–H and O–H groups in total. The van der Waals surface area contributed by atoms with Gasteiger partial charge in [-0.2, -0.15) is 0 Å². The number of allylic oxidation sites excluding steroid dienone is 1. The maximum atomic E-state index is 12.2. The Morgan fingerprint density at radius 1 is 0.930 bits per heavy atom. The molecule has 9 heteroatoms. The van der Waals surface area contributed by atoms with Gasteiger partial charge in [0.15, 0.2) is 12.6 Å². The van der Waals surface area contributed by atoms with Gasteiger partial charge in [-0.25, -0.2) is 0 Å². The van der Waals surface area contributed by atoms with Crippen LogP contribution in [-0.4, -0.2) is 94.5 Å². The van der Waals surface area contributed by atoms with E-state index in [1.165, 1.54) is 5.57 Å². The van der Waals surface area contributed by atoms with Crippen molar-refractivity contribution in [3.8, 4) is 0 Å². The Labute approximate surface area is 257 Å². The van der Waals surface area contributed by atoms with E-state index in [2.05, 4.69) is 19.9 Å². The van der Waals surface area contributed by atoms with Crippen LogP contribution in [0.3, 0.4) is 0 Å². The lowest BCUT2D eigenvalue weighted by atomic mass is 9.45. The predicted octanol–water partition coefficient (Wildman–Crippen LogP) is 3.84. The number of hydrogen-bond acceptors (Lipinski definition) is 9. The number of fused-ring (bicyclic) bond motifs is 5. The van der Waals surface area contributed by atoms with E-state index in [0.717, 1.165) is 51.4 Å². The molecule has 4 aliphatic carbocycles. The van der Waals surface area contributed by atoms with Crippen molar-refractivity contribution in [1.82, 2.24) is 0 Å². The van der Waals surface area contributed by atoms with Crippen molar-refractivity contribution in [1.29, 1.82) is 0 Å². The fourth-order valence-corrected chi connectivity index (χ4v) is 10.5. The number of rotatable bonds is 6. The van der Waals surface area contributed by atoms with E-state index in [4.69, 9.17) is 23.7 Å². The molecular weight excluding hydrogens is 552 g/mol. The molecular formula is C34H56O9. The second kappa shape index (κ2) is 11.9. The standard InChI is InChI=1S/C34H56O9/c1-18(35)23-11-14-34(38)25-8-7-21-15-22(9-12-32(21,4)24(25)10-13-33(23,34)5)42-28-16-26(36)31(20(3)41-28)43-29-17-27(39-6)30(37)19(2)40-29/h7,18-20,22-31,35-38H,8-17H2,1-6H3/t18?,19-,20-,22?,23-,24+,25-,26+,27+,28+,29+,30-,31-,32+,33-,34-/m1/s1. The van der Waals surface area contributed by atoms with Crippen LogP contribution < -0.4 is 0 Å². The Morgan fingerprint density at radius 3 is 2.35 bits per heavy atom. The Hall–Kier alpha value is -0.620. The van der Waals surface area contributed by atoms with Gasteiger partial charge in [0.05, 0.1) is 42.2 Å². The first-order valence-corrected chi connectivity index (χ1v) is 16.9. The lowest BCUT2D eigenvalue weighted by Gasteiger charge is -2.61. The number of ether oxygens (including phenoxy) is 5. The third-order valence-electron chi connectivity index (χ3n) is 13.2. The second-order valence-electron chi connectivity index (χ2n) is 15.3. The Bertz CT molecular complexity index is 1020. The highest BCUT2D eigenvalue weighted by Crippen LogP contribution is 2.68. The molecule has 6 aliphatic rings. The SMILES string of the molecule is CO[C@H]1C[C@H](O[C@H]2[C@@H](O)C[C@H](OC3CC[C@@]4(C)C(=CC[C@@H]5[C@@H]4CC[C@]4(C)[C@@H](C(C)O)CC[C@@]54O)C3)O[C@@H]2C)O[C@H](C)[C@H]1O. The first-order chi connectivity index (χ1) is 20.3. The first kappa shape index (κ1) is 32.3. The van der Waals surface area contributed by atoms with E-state index < -0.39 is 48.7 Å². The topological polar surface area (TPSA) is 127 Å².